The van der Waals surface area contributed by atoms with Gasteiger partial charge in [0.1, 0.15) is 0 Å². The quantitative estimate of drug-likeness (QED) is 0.544. The Balaban J connectivity index is 1.48. The second kappa shape index (κ2) is 8.52. The molecule has 3 rings (SSSR count). The van der Waals surface area contributed by atoms with Crippen LogP contribution in [-0.4, -0.2) is 50.5 Å². The number of ether oxygens (including phenoxy) is 1. The molecule has 2 aliphatic carbocycles. The number of aliphatic hydroxyl groups is 1. The van der Waals surface area contributed by atoms with Crippen molar-refractivity contribution in [3.8, 4) is 0 Å². The van der Waals surface area contributed by atoms with E-state index in [4.69, 9.17) is 4.74 Å². The number of hydrogen-bond donors (Lipinski definition) is 3. The van der Waals surface area contributed by atoms with Crippen LogP contribution in [-0.2, 0) is 4.74 Å². The molecule has 3 aliphatic rings. The summed E-state index contributed by atoms with van der Waals surface area (Å²) < 4.78 is 5.45. The molecule has 3 fully saturated rings. The Bertz CT molecular complexity index is 421. The highest BCUT2D eigenvalue weighted by Crippen LogP contribution is 2.40. The van der Waals surface area contributed by atoms with Crippen molar-refractivity contribution in [3.05, 3.63) is 0 Å². The minimum atomic E-state index is -0.0586. The fourth-order valence-corrected chi connectivity index (χ4v) is 4.86. The average Bonchev–Trinajstić information content (AvgIpc) is 2.65. The van der Waals surface area contributed by atoms with Crippen LogP contribution in [0.5, 0.6) is 0 Å². The van der Waals surface area contributed by atoms with Gasteiger partial charge in [0.05, 0.1) is 6.61 Å². The lowest BCUT2D eigenvalue weighted by molar-refractivity contribution is -0.0132. The zero-order valence-corrected chi connectivity index (χ0v) is 15.2. The Morgan fingerprint density at radius 3 is 2.58 bits per heavy atom. The molecule has 3 unspecified atom stereocenters. The first kappa shape index (κ1) is 18.0. The summed E-state index contributed by atoms with van der Waals surface area (Å²) in [6, 6.07) is 0.551. The minimum Gasteiger partial charge on any atom is -0.396 e. The van der Waals surface area contributed by atoms with Gasteiger partial charge in [-0.05, 0) is 43.9 Å². The minimum absolute atomic E-state index is 0.0586. The van der Waals surface area contributed by atoms with E-state index in [1.165, 1.54) is 44.9 Å². The molecule has 0 amide bonds. The van der Waals surface area contributed by atoms with Crippen LogP contribution in [0.4, 0.5) is 0 Å². The molecule has 3 N–H and O–H groups in total. The predicted molar refractivity (Wildman–Crippen MR) is 97.2 cm³/mol. The lowest BCUT2D eigenvalue weighted by atomic mass is 9.69. The first-order chi connectivity index (χ1) is 11.7. The lowest BCUT2D eigenvalue weighted by Gasteiger charge is -2.40. The molecule has 0 aromatic rings. The zero-order chi connectivity index (χ0) is 16.8. The van der Waals surface area contributed by atoms with E-state index < -0.39 is 0 Å². The fraction of sp³-hybridized carbons (Fsp3) is 0.947. The van der Waals surface area contributed by atoms with Gasteiger partial charge >= 0.3 is 0 Å². The molecule has 24 heavy (non-hydrogen) atoms. The molecule has 0 bridgehead atoms. The second-order valence-electron chi connectivity index (χ2n) is 8.16. The third-order valence-corrected chi connectivity index (χ3v) is 6.62. The number of guanidine groups is 1. The van der Waals surface area contributed by atoms with Gasteiger partial charge < -0.3 is 20.5 Å². The summed E-state index contributed by atoms with van der Waals surface area (Å²) in [5.41, 5.74) is -0.0586. The van der Waals surface area contributed by atoms with E-state index in [-0.39, 0.29) is 12.0 Å². The molecular weight excluding hydrogens is 302 g/mol. The van der Waals surface area contributed by atoms with Gasteiger partial charge in [0, 0.05) is 38.3 Å². The average molecular weight is 338 g/mol. The van der Waals surface area contributed by atoms with Gasteiger partial charge in [-0.1, -0.05) is 25.7 Å². The van der Waals surface area contributed by atoms with Crippen molar-refractivity contribution < 1.29 is 9.84 Å². The first-order valence-corrected chi connectivity index (χ1v) is 9.90. The number of aliphatic hydroxyl groups excluding tert-OH is 1. The van der Waals surface area contributed by atoms with Crippen LogP contribution >= 0.6 is 0 Å². The summed E-state index contributed by atoms with van der Waals surface area (Å²) in [5.74, 6) is 2.79. The van der Waals surface area contributed by atoms with Gasteiger partial charge in [0.25, 0.3) is 0 Å². The first-order valence-electron chi connectivity index (χ1n) is 9.90. The van der Waals surface area contributed by atoms with Crippen LogP contribution in [0, 0.1) is 17.3 Å². The SMILES string of the molecule is CN=C(NCC1(CO)CCOCC1)NC1CCC2CCCCC2C1. The number of aliphatic imine (C=N–C) groups is 1. The maximum Gasteiger partial charge on any atom is 0.191 e. The van der Waals surface area contributed by atoms with Crippen molar-refractivity contribution in [1.29, 1.82) is 0 Å². The van der Waals surface area contributed by atoms with Crippen molar-refractivity contribution in [2.24, 2.45) is 22.2 Å². The third-order valence-electron chi connectivity index (χ3n) is 6.62. The van der Waals surface area contributed by atoms with E-state index in [1.54, 1.807) is 0 Å². The Labute approximate surface area is 146 Å². The van der Waals surface area contributed by atoms with Gasteiger partial charge in [0.15, 0.2) is 5.96 Å². The molecule has 138 valence electrons. The molecule has 0 aromatic carbocycles. The van der Waals surface area contributed by atoms with Crippen LogP contribution in [0.25, 0.3) is 0 Å². The second-order valence-corrected chi connectivity index (χ2v) is 8.16. The number of nitrogens with one attached hydrogen (secondary N) is 2. The molecule has 2 saturated carbocycles. The number of hydrogen-bond acceptors (Lipinski definition) is 3. The molecule has 1 aliphatic heterocycles. The van der Waals surface area contributed by atoms with E-state index in [2.05, 4.69) is 15.6 Å². The molecule has 3 atom stereocenters. The van der Waals surface area contributed by atoms with Gasteiger partial charge in [-0.15, -0.1) is 0 Å². The summed E-state index contributed by atoms with van der Waals surface area (Å²) in [6.45, 7) is 2.48. The van der Waals surface area contributed by atoms with Gasteiger partial charge in [-0.25, -0.2) is 0 Å². The summed E-state index contributed by atoms with van der Waals surface area (Å²) in [4.78, 5) is 4.42. The van der Waals surface area contributed by atoms with Crippen molar-refractivity contribution in [2.45, 2.75) is 63.8 Å². The molecule has 1 saturated heterocycles. The fourth-order valence-electron chi connectivity index (χ4n) is 4.86. The van der Waals surface area contributed by atoms with Gasteiger partial charge in [-0.3, -0.25) is 4.99 Å². The highest BCUT2D eigenvalue weighted by Gasteiger charge is 2.34. The van der Waals surface area contributed by atoms with Crippen LogP contribution in [0.1, 0.15) is 57.8 Å². The Kier molecular flexibility index (Phi) is 6.39. The molecule has 0 aromatic heterocycles. The van der Waals surface area contributed by atoms with Crippen molar-refractivity contribution in [3.63, 3.8) is 0 Å². The van der Waals surface area contributed by atoms with Gasteiger partial charge in [0.2, 0.25) is 0 Å². The predicted octanol–water partition coefficient (Wildman–Crippen LogP) is 2.30. The normalized spacial score (nSPS) is 33.6. The standard InChI is InChI=1S/C19H35N3O2/c1-20-18(21-13-19(14-23)8-10-24-11-9-19)22-17-7-6-15-4-2-3-5-16(15)12-17/h15-17,23H,2-14H2,1H3,(H2,20,21,22). The Morgan fingerprint density at radius 1 is 1.12 bits per heavy atom. The molecular formula is C19H35N3O2. The van der Waals surface area contributed by atoms with Gasteiger partial charge in [-0.2, -0.15) is 0 Å². The highest BCUT2D eigenvalue weighted by atomic mass is 16.5. The maximum atomic E-state index is 9.82. The van der Waals surface area contributed by atoms with E-state index in [9.17, 15) is 5.11 Å². The van der Waals surface area contributed by atoms with E-state index >= 15 is 0 Å². The molecule has 0 radical (unpaired) electrons. The van der Waals surface area contributed by atoms with Crippen LogP contribution in [0.15, 0.2) is 4.99 Å². The molecule has 5 nitrogen and oxygen atoms in total. The monoisotopic (exact) mass is 337 g/mol. The van der Waals surface area contributed by atoms with Crippen LogP contribution < -0.4 is 10.6 Å². The Morgan fingerprint density at radius 2 is 1.88 bits per heavy atom. The maximum absolute atomic E-state index is 9.82. The van der Waals surface area contributed by atoms with Crippen molar-refractivity contribution in [1.82, 2.24) is 10.6 Å². The largest absolute Gasteiger partial charge is 0.396 e. The molecule has 0 spiro atoms. The van der Waals surface area contributed by atoms with E-state index in [0.29, 0.717) is 6.04 Å². The van der Waals surface area contributed by atoms with Crippen LogP contribution in [0.2, 0.25) is 0 Å². The number of nitrogens with zero attached hydrogens (tertiary/aromatic N) is 1. The smallest absolute Gasteiger partial charge is 0.191 e. The number of fused-ring (bicyclic) bond motifs is 1. The van der Waals surface area contributed by atoms with Crippen molar-refractivity contribution in [2.75, 3.05) is 33.4 Å². The lowest BCUT2D eigenvalue weighted by Crippen LogP contribution is -2.51. The van der Waals surface area contributed by atoms with Crippen LogP contribution in [0.3, 0.4) is 0 Å². The molecule has 5 heteroatoms. The summed E-state index contributed by atoms with van der Waals surface area (Å²) >= 11 is 0. The van der Waals surface area contributed by atoms with E-state index in [0.717, 1.165) is 50.4 Å². The molecule has 1 heterocycles. The third kappa shape index (κ3) is 4.42. The summed E-state index contributed by atoms with van der Waals surface area (Å²) in [7, 11) is 1.84. The topological polar surface area (TPSA) is 65.9 Å². The van der Waals surface area contributed by atoms with Crippen molar-refractivity contribution >= 4 is 5.96 Å². The number of rotatable bonds is 4. The van der Waals surface area contributed by atoms with E-state index in [1.807, 2.05) is 7.05 Å². The summed E-state index contributed by atoms with van der Waals surface area (Å²) in [5, 5.41) is 16.9. The highest BCUT2D eigenvalue weighted by molar-refractivity contribution is 5.80. The Hall–Kier alpha value is -0.810. The zero-order valence-electron chi connectivity index (χ0n) is 15.2. The summed E-state index contributed by atoms with van der Waals surface area (Å²) in [6.07, 6.45) is 11.5.